The topological polar surface area (TPSA) is 47.9 Å². The van der Waals surface area contributed by atoms with Gasteiger partial charge < -0.3 is 19.3 Å². The van der Waals surface area contributed by atoms with Crippen LogP contribution in [0.4, 0.5) is 0 Å². The molecule has 0 radical (unpaired) electrons. The normalized spacial score (nSPS) is 53.9. The van der Waals surface area contributed by atoms with E-state index >= 15 is 0 Å². The maximum atomic E-state index is 9.87. The van der Waals surface area contributed by atoms with Crippen molar-refractivity contribution in [3.05, 3.63) is 0 Å². The van der Waals surface area contributed by atoms with Gasteiger partial charge in [0.25, 0.3) is 0 Å². The zero-order chi connectivity index (χ0) is 15.0. The second kappa shape index (κ2) is 6.30. The summed E-state index contributed by atoms with van der Waals surface area (Å²) >= 11 is 0. The highest BCUT2D eigenvalue weighted by atomic mass is 16.7. The van der Waals surface area contributed by atoms with Crippen LogP contribution in [0.3, 0.4) is 0 Å². The molecule has 4 heteroatoms. The lowest BCUT2D eigenvalue weighted by Crippen LogP contribution is -2.52. The summed E-state index contributed by atoms with van der Waals surface area (Å²) in [6, 6.07) is 0. The van der Waals surface area contributed by atoms with Gasteiger partial charge in [-0.15, -0.1) is 0 Å². The van der Waals surface area contributed by atoms with Crippen molar-refractivity contribution in [2.45, 2.75) is 78.9 Å². The molecule has 0 aromatic heterocycles. The molecular formula is C16H30O4. The average Bonchev–Trinajstić information content (AvgIpc) is 2.37. The monoisotopic (exact) mass is 286 g/mol. The van der Waals surface area contributed by atoms with Gasteiger partial charge in [0.2, 0.25) is 0 Å². The molecule has 2 rings (SSSR count). The number of aliphatic hydroxyl groups is 1. The lowest BCUT2D eigenvalue weighted by atomic mass is 9.84. The Labute approximate surface area is 122 Å². The van der Waals surface area contributed by atoms with Gasteiger partial charge >= 0.3 is 0 Å². The van der Waals surface area contributed by atoms with E-state index in [9.17, 15) is 5.11 Å². The Morgan fingerprint density at radius 2 is 1.55 bits per heavy atom. The van der Waals surface area contributed by atoms with E-state index in [1.807, 2.05) is 13.8 Å². The van der Waals surface area contributed by atoms with Crippen LogP contribution in [-0.2, 0) is 14.2 Å². The predicted octanol–water partition coefficient (Wildman–Crippen LogP) is 2.79. The molecule has 2 heterocycles. The highest BCUT2D eigenvalue weighted by Crippen LogP contribution is 2.36. The van der Waals surface area contributed by atoms with Gasteiger partial charge in [-0.2, -0.15) is 0 Å². The van der Waals surface area contributed by atoms with Gasteiger partial charge in [0.15, 0.2) is 12.6 Å². The largest absolute Gasteiger partial charge is 0.368 e. The molecular weight excluding hydrogens is 256 g/mol. The summed E-state index contributed by atoms with van der Waals surface area (Å²) < 4.78 is 17.8. The Hall–Kier alpha value is -0.160. The Balaban J connectivity index is 2.04. The molecule has 9 unspecified atom stereocenters. The summed E-state index contributed by atoms with van der Waals surface area (Å²) in [6.45, 7) is 12.7. The molecule has 20 heavy (non-hydrogen) atoms. The molecule has 2 saturated heterocycles. The maximum Gasteiger partial charge on any atom is 0.161 e. The number of hydrogen-bond donors (Lipinski definition) is 1. The van der Waals surface area contributed by atoms with Crippen molar-refractivity contribution in [3.63, 3.8) is 0 Å². The molecule has 2 aliphatic rings. The molecule has 0 amide bonds. The highest BCUT2D eigenvalue weighted by molar-refractivity contribution is 4.85. The van der Waals surface area contributed by atoms with E-state index in [0.717, 1.165) is 6.42 Å². The minimum Gasteiger partial charge on any atom is -0.368 e. The van der Waals surface area contributed by atoms with Crippen LogP contribution < -0.4 is 0 Å². The third-order valence-corrected chi connectivity index (χ3v) is 5.30. The van der Waals surface area contributed by atoms with Gasteiger partial charge in [0.05, 0.1) is 18.3 Å². The summed E-state index contributed by atoms with van der Waals surface area (Å²) in [5.74, 6) is 1.30. The minimum absolute atomic E-state index is 0.0293. The molecule has 118 valence electrons. The van der Waals surface area contributed by atoms with Gasteiger partial charge in [0.1, 0.15) is 0 Å². The van der Waals surface area contributed by atoms with Crippen LogP contribution in [-0.4, -0.2) is 36.0 Å². The maximum absolute atomic E-state index is 9.87. The average molecular weight is 286 g/mol. The van der Waals surface area contributed by atoms with Gasteiger partial charge in [-0.25, -0.2) is 0 Å². The first kappa shape index (κ1) is 16.2. The summed E-state index contributed by atoms with van der Waals surface area (Å²) in [6.07, 6.45) is 0.321. The van der Waals surface area contributed by atoms with E-state index in [1.54, 1.807) is 0 Å². The fourth-order valence-electron chi connectivity index (χ4n) is 3.37. The first-order chi connectivity index (χ1) is 9.31. The van der Waals surface area contributed by atoms with Gasteiger partial charge in [-0.05, 0) is 32.1 Å². The molecule has 2 aliphatic heterocycles. The Morgan fingerprint density at radius 1 is 0.900 bits per heavy atom. The van der Waals surface area contributed by atoms with Crippen molar-refractivity contribution in [2.75, 3.05) is 0 Å². The number of hydrogen-bond acceptors (Lipinski definition) is 4. The SMILES string of the molecule is CC1CC(C)C(C)C(OC2C(C)OC(O)C(C)C2C)O1. The molecule has 4 nitrogen and oxygen atoms in total. The third kappa shape index (κ3) is 3.19. The van der Waals surface area contributed by atoms with Crippen LogP contribution in [0.2, 0.25) is 0 Å². The fourth-order valence-corrected chi connectivity index (χ4v) is 3.37. The van der Waals surface area contributed by atoms with Crippen LogP contribution in [0.1, 0.15) is 48.0 Å². The highest BCUT2D eigenvalue weighted by Gasteiger charge is 2.43. The van der Waals surface area contributed by atoms with Gasteiger partial charge in [0, 0.05) is 11.8 Å². The second-order valence-electron chi connectivity index (χ2n) is 6.94. The zero-order valence-corrected chi connectivity index (χ0v) is 13.6. The smallest absolute Gasteiger partial charge is 0.161 e. The Kier molecular flexibility index (Phi) is 5.11. The van der Waals surface area contributed by atoms with E-state index in [1.165, 1.54) is 0 Å². The van der Waals surface area contributed by atoms with Crippen molar-refractivity contribution in [1.29, 1.82) is 0 Å². The van der Waals surface area contributed by atoms with Crippen molar-refractivity contribution in [3.8, 4) is 0 Å². The van der Waals surface area contributed by atoms with Crippen LogP contribution in [0.5, 0.6) is 0 Å². The zero-order valence-electron chi connectivity index (χ0n) is 13.6. The number of ether oxygens (including phenoxy) is 3. The van der Waals surface area contributed by atoms with Crippen molar-refractivity contribution >= 4 is 0 Å². The fraction of sp³-hybridized carbons (Fsp3) is 1.00. The Bertz CT molecular complexity index is 322. The third-order valence-electron chi connectivity index (χ3n) is 5.30. The minimum atomic E-state index is -0.692. The molecule has 9 atom stereocenters. The van der Waals surface area contributed by atoms with Crippen LogP contribution in [0.25, 0.3) is 0 Å². The van der Waals surface area contributed by atoms with Crippen molar-refractivity contribution < 1.29 is 19.3 Å². The van der Waals surface area contributed by atoms with E-state index in [-0.39, 0.29) is 36.4 Å². The van der Waals surface area contributed by atoms with E-state index in [0.29, 0.717) is 11.8 Å². The predicted molar refractivity (Wildman–Crippen MR) is 77.0 cm³/mol. The molecule has 0 spiro atoms. The molecule has 2 fully saturated rings. The molecule has 0 bridgehead atoms. The lowest BCUT2D eigenvalue weighted by molar-refractivity contribution is -0.307. The first-order valence-electron chi connectivity index (χ1n) is 7.95. The van der Waals surface area contributed by atoms with E-state index in [4.69, 9.17) is 14.2 Å². The van der Waals surface area contributed by atoms with Crippen LogP contribution >= 0.6 is 0 Å². The van der Waals surface area contributed by atoms with Crippen molar-refractivity contribution in [2.24, 2.45) is 23.7 Å². The molecule has 1 N–H and O–H groups in total. The van der Waals surface area contributed by atoms with Gasteiger partial charge in [-0.3, -0.25) is 0 Å². The quantitative estimate of drug-likeness (QED) is 0.848. The second-order valence-corrected chi connectivity index (χ2v) is 6.94. The van der Waals surface area contributed by atoms with Crippen LogP contribution in [0.15, 0.2) is 0 Å². The van der Waals surface area contributed by atoms with E-state index in [2.05, 4.69) is 27.7 Å². The molecule has 0 aliphatic carbocycles. The summed E-state index contributed by atoms with van der Waals surface area (Å²) in [5.41, 5.74) is 0. The molecule has 0 saturated carbocycles. The van der Waals surface area contributed by atoms with E-state index < -0.39 is 6.29 Å². The standard InChI is InChI=1S/C16H30O4/c1-8-7-9(2)18-16(10(8)3)20-14-11(4)12(5)15(17)19-13(14)6/h8-17H,7H2,1-6H3. The first-order valence-corrected chi connectivity index (χ1v) is 7.95. The summed E-state index contributed by atoms with van der Waals surface area (Å²) in [7, 11) is 0. The molecule has 0 aromatic carbocycles. The number of aliphatic hydroxyl groups excluding tert-OH is 1. The van der Waals surface area contributed by atoms with Crippen LogP contribution in [0, 0.1) is 23.7 Å². The lowest BCUT2D eigenvalue weighted by Gasteiger charge is -2.45. The summed E-state index contributed by atoms with van der Waals surface area (Å²) in [5, 5.41) is 9.87. The number of rotatable bonds is 2. The summed E-state index contributed by atoms with van der Waals surface area (Å²) in [4.78, 5) is 0. The Morgan fingerprint density at radius 3 is 2.20 bits per heavy atom. The van der Waals surface area contributed by atoms with Crippen molar-refractivity contribution in [1.82, 2.24) is 0 Å². The molecule has 0 aromatic rings. The van der Waals surface area contributed by atoms with Gasteiger partial charge in [-0.1, -0.05) is 27.7 Å².